The van der Waals surface area contributed by atoms with Crippen LogP contribution in [0.25, 0.3) is 27.7 Å². The van der Waals surface area contributed by atoms with Gasteiger partial charge >= 0.3 is 5.97 Å². The van der Waals surface area contributed by atoms with E-state index in [2.05, 4.69) is 10.1 Å². The van der Waals surface area contributed by atoms with Crippen molar-refractivity contribution in [1.82, 2.24) is 19.2 Å². The third-order valence-electron chi connectivity index (χ3n) is 5.14. The zero-order valence-electron chi connectivity index (χ0n) is 16.9. The summed E-state index contributed by atoms with van der Waals surface area (Å²) in [4.78, 5) is 29.3. The van der Waals surface area contributed by atoms with Gasteiger partial charge in [-0.05, 0) is 17.5 Å². The average molecular weight is 406 g/mol. The van der Waals surface area contributed by atoms with Gasteiger partial charge in [0.15, 0.2) is 5.65 Å². The van der Waals surface area contributed by atoms with Crippen LogP contribution in [0.15, 0.2) is 53.6 Å². The minimum atomic E-state index is -1.05. The number of nitrogens with zero attached hydrogens (tertiary/aromatic N) is 4. The highest BCUT2D eigenvalue weighted by molar-refractivity contribution is 5.86. The summed E-state index contributed by atoms with van der Waals surface area (Å²) in [5.74, 6) is -1.30. The predicted molar refractivity (Wildman–Crippen MR) is 112 cm³/mol. The van der Waals surface area contributed by atoms with E-state index in [1.807, 2.05) is 30.3 Å². The highest BCUT2D eigenvalue weighted by Crippen LogP contribution is 2.29. The van der Waals surface area contributed by atoms with Crippen LogP contribution < -0.4 is 5.56 Å². The molecule has 0 fully saturated rings. The van der Waals surface area contributed by atoms with Gasteiger partial charge < -0.3 is 14.4 Å². The van der Waals surface area contributed by atoms with Crippen LogP contribution in [0.4, 0.5) is 0 Å². The second-order valence-corrected chi connectivity index (χ2v) is 7.47. The van der Waals surface area contributed by atoms with Crippen molar-refractivity contribution in [2.24, 2.45) is 5.92 Å². The molecular weight excluding hydrogens is 384 g/mol. The molecule has 3 aromatic heterocycles. The average Bonchev–Trinajstić information content (AvgIpc) is 3.08. The smallest absolute Gasteiger partial charge is 0.327 e. The van der Waals surface area contributed by atoms with Gasteiger partial charge in [0.25, 0.3) is 5.56 Å². The largest absolute Gasteiger partial charge is 0.480 e. The molecule has 154 valence electrons. The molecule has 0 amide bonds. The van der Waals surface area contributed by atoms with Gasteiger partial charge in [0, 0.05) is 19.5 Å². The Morgan fingerprint density at radius 1 is 1.20 bits per heavy atom. The number of aliphatic carboxylic acids is 1. The van der Waals surface area contributed by atoms with Crippen LogP contribution in [0, 0.1) is 5.92 Å². The molecule has 0 aliphatic rings. The maximum atomic E-state index is 13.1. The third kappa shape index (κ3) is 3.15. The number of ether oxygens (including phenoxy) is 1. The molecule has 3 heterocycles. The van der Waals surface area contributed by atoms with Gasteiger partial charge in [0.05, 0.1) is 28.8 Å². The molecule has 1 aromatic carbocycles. The lowest BCUT2D eigenvalue weighted by molar-refractivity contribution is -0.142. The summed E-state index contributed by atoms with van der Waals surface area (Å²) in [5.41, 5.74) is 3.26. The lowest BCUT2D eigenvalue weighted by atomic mass is 10.0. The zero-order valence-corrected chi connectivity index (χ0v) is 16.9. The van der Waals surface area contributed by atoms with Crippen molar-refractivity contribution in [3.8, 4) is 11.1 Å². The van der Waals surface area contributed by atoms with Gasteiger partial charge in [-0.3, -0.25) is 4.79 Å². The van der Waals surface area contributed by atoms with E-state index >= 15 is 0 Å². The zero-order chi connectivity index (χ0) is 21.4. The van der Waals surface area contributed by atoms with Crippen LogP contribution in [0.2, 0.25) is 0 Å². The van der Waals surface area contributed by atoms with Crippen molar-refractivity contribution in [3.05, 3.63) is 64.8 Å². The molecule has 0 saturated heterocycles. The van der Waals surface area contributed by atoms with Crippen molar-refractivity contribution in [3.63, 3.8) is 0 Å². The Bertz CT molecular complexity index is 1290. The third-order valence-corrected chi connectivity index (χ3v) is 5.14. The molecular formula is C22H22N4O4. The highest BCUT2D eigenvalue weighted by Gasteiger charge is 2.26. The van der Waals surface area contributed by atoms with E-state index in [0.29, 0.717) is 28.9 Å². The fraction of sp³-hybridized carbons (Fsp3) is 0.273. The number of aromatic nitrogens is 4. The molecule has 0 radical (unpaired) electrons. The Labute approximate surface area is 172 Å². The summed E-state index contributed by atoms with van der Waals surface area (Å²) in [7, 11) is 1.60. The van der Waals surface area contributed by atoms with Crippen LogP contribution in [0.5, 0.6) is 0 Å². The Morgan fingerprint density at radius 3 is 2.57 bits per heavy atom. The molecule has 0 aliphatic heterocycles. The van der Waals surface area contributed by atoms with E-state index in [9.17, 15) is 14.7 Å². The number of rotatable bonds is 6. The summed E-state index contributed by atoms with van der Waals surface area (Å²) in [6.45, 7) is 3.83. The monoisotopic (exact) mass is 406 g/mol. The standard InChI is InChI=1S/C22H22N4O4/c1-13(2)19(22(28)29)25-10-9-17-15(21(25)27)11-23-20-18(14-7-5-4-6-8-14)16(12-30-3)24-26(17)20/h4-11,13,19H,12H2,1-3H3,(H,28,29). The van der Waals surface area contributed by atoms with Crippen molar-refractivity contribution in [2.75, 3.05) is 7.11 Å². The number of pyridine rings is 1. The molecule has 30 heavy (non-hydrogen) atoms. The Kier molecular flexibility index (Phi) is 5.09. The predicted octanol–water partition coefficient (Wildman–Crippen LogP) is 3.14. The SMILES string of the molecule is COCc1nn2c(ncc3c(=O)n(C(C(=O)O)C(C)C)ccc32)c1-c1ccccc1. The van der Waals surface area contributed by atoms with Crippen LogP contribution >= 0.6 is 0 Å². The van der Waals surface area contributed by atoms with Gasteiger partial charge in [-0.2, -0.15) is 5.10 Å². The first kappa shape index (κ1) is 19.8. The Balaban J connectivity index is 2.00. The van der Waals surface area contributed by atoms with Crippen molar-refractivity contribution < 1.29 is 14.6 Å². The minimum Gasteiger partial charge on any atom is -0.480 e. The van der Waals surface area contributed by atoms with E-state index < -0.39 is 17.6 Å². The van der Waals surface area contributed by atoms with Crippen molar-refractivity contribution >= 4 is 22.5 Å². The Morgan fingerprint density at radius 2 is 1.93 bits per heavy atom. The van der Waals surface area contributed by atoms with E-state index in [4.69, 9.17) is 4.74 Å². The molecule has 8 heteroatoms. The number of carboxylic acids is 1. The maximum absolute atomic E-state index is 13.1. The van der Waals surface area contributed by atoms with E-state index in [-0.39, 0.29) is 5.92 Å². The molecule has 1 unspecified atom stereocenters. The first-order chi connectivity index (χ1) is 14.4. The number of hydrogen-bond donors (Lipinski definition) is 1. The molecule has 1 atom stereocenters. The van der Waals surface area contributed by atoms with Crippen LogP contribution in [0.3, 0.4) is 0 Å². The first-order valence-corrected chi connectivity index (χ1v) is 9.62. The van der Waals surface area contributed by atoms with Gasteiger partial charge in [0.1, 0.15) is 6.04 Å². The lowest BCUT2D eigenvalue weighted by Crippen LogP contribution is -2.33. The number of benzene rings is 1. The summed E-state index contributed by atoms with van der Waals surface area (Å²) < 4.78 is 8.20. The second kappa shape index (κ2) is 7.72. The summed E-state index contributed by atoms with van der Waals surface area (Å²) in [6, 6.07) is 10.5. The number of carboxylic acid groups (broad SMARTS) is 1. The molecule has 1 N–H and O–H groups in total. The van der Waals surface area contributed by atoms with Gasteiger partial charge in [-0.25, -0.2) is 14.3 Å². The maximum Gasteiger partial charge on any atom is 0.327 e. The lowest BCUT2D eigenvalue weighted by Gasteiger charge is -2.19. The van der Waals surface area contributed by atoms with Gasteiger partial charge in [-0.1, -0.05) is 44.2 Å². The number of fused-ring (bicyclic) bond motifs is 3. The van der Waals surface area contributed by atoms with E-state index in [1.54, 1.807) is 31.5 Å². The van der Waals surface area contributed by atoms with Crippen LogP contribution in [-0.4, -0.2) is 37.4 Å². The normalized spacial score (nSPS) is 12.7. The minimum absolute atomic E-state index is 0.253. The second-order valence-electron chi connectivity index (χ2n) is 7.47. The quantitative estimate of drug-likeness (QED) is 0.528. The number of carbonyl (C=O) groups is 1. The van der Waals surface area contributed by atoms with Gasteiger partial charge in [-0.15, -0.1) is 0 Å². The topological polar surface area (TPSA) is 98.7 Å². The highest BCUT2D eigenvalue weighted by atomic mass is 16.5. The molecule has 4 aromatic rings. The van der Waals surface area contributed by atoms with E-state index in [1.165, 1.54) is 17.0 Å². The molecule has 0 spiro atoms. The number of methoxy groups -OCH3 is 1. The molecule has 8 nitrogen and oxygen atoms in total. The van der Waals surface area contributed by atoms with Gasteiger partial charge in [0.2, 0.25) is 0 Å². The first-order valence-electron chi connectivity index (χ1n) is 9.62. The summed E-state index contributed by atoms with van der Waals surface area (Å²) >= 11 is 0. The molecule has 4 rings (SSSR count). The fourth-order valence-corrected chi connectivity index (χ4v) is 3.81. The summed E-state index contributed by atoms with van der Waals surface area (Å²) in [5, 5.41) is 14.5. The fourth-order valence-electron chi connectivity index (χ4n) is 3.81. The molecule has 0 aliphatic carbocycles. The Hall–Kier alpha value is -3.52. The van der Waals surface area contributed by atoms with Crippen molar-refractivity contribution in [2.45, 2.75) is 26.5 Å². The van der Waals surface area contributed by atoms with Crippen LogP contribution in [0.1, 0.15) is 25.6 Å². The van der Waals surface area contributed by atoms with Crippen molar-refractivity contribution in [1.29, 1.82) is 0 Å². The molecule has 0 bridgehead atoms. The number of hydrogen-bond acceptors (Lipinski definition) is 5. The van der Waals surface area contributed by atoms with Crippen LogP contribution in [-0.2, 0) is 16.1 Å². The molecule has 0 saturated carbocycles. The summed E-state index contributed by atoms with van der Waals surface area (Å²) in [6.07, 6.45) is 3.01. The van der Waals surface area contributed by atoms with E-state index in [0.717, 1.165) is 11.1 Å².